The highest BCUT2D eigenvalue weighted by Gasteiger charge is 2.35. The van der Waals surface area contributed by atoms with Crippen LogP contribution in [0.1, 0.15) is 11.9 Å². The van der Waals surface area contributed by atoms with E-state index >= 15 is 0 Å². The van der Waals surface area contributed by atoms with Crippen LogP contribution in [0.15, 0.2) is 87.8 Å². The maximum atomic E-state index is 13.0. The van der Waals surface area contributed by atoms with Crippen molar-refractivity contribution >= 4 is 40.1 Å². The van der Waals surface area contributed by atoms with E-state index in [1.54, 1.807) is 11.1 Å². The predicted octanol–water partition coefficient (Wildman–Crippen LogP) is 3.66. The van der Waals surface area contributed by atoms with Crippen LogP contribution in [0.4, 0.5) is 0 Å². The van der Waals surface area contributed by atoms with Gasteiger partial charge in [0.15, 0.2) is 10.9 Å². The molecule has 3 heterocycles. The number of carbonyl (C=O) groups excluding carboxylic acids is 1. The first kappa shape index (κ1) is 19.7. The molecular weight excluding hydrogens is 432 g/mol. The Morgan fingerprint density at radius 2 is 1.97 bits per heavy atom. The normalized spacial score (nSPS) is 17.3. The van der Waals surface area contributed by atoms with Gasteiger partial charge in [0.1, 0.15) is 11.5 Å². The number of benzene rings is 2. The largest absolute Gasteiger partial charge is 0.457 e. The van der Waals surface area contributed by atoms with Gasteiger partial charge in [-0.15, -0.1) is 11.7 Å². The van der Waals surface area contributed by atoms with Crippen molar-refractivity contribution in [3.63, 3.8) is 0 Å². The first-order valence-electron chi connectivity index (χ1n) is 9.60. The van der Waals surface area contributed by atoms with Gasteiger partial charge >= 0.3 is 0 Å². The summed E-state index contributed by atoms with van der Waals surface area (Å²) in [6.45, 7) is 3.72. The molecule has 1 amide bonds. The van der Waals surface area contributed by atoms with Gasteiger partial charge in [0.2, 0.25) is 6.17 Å². The summed E-state index contributed by atoms with van der Waals surface area (Å²) in [6.07, 6.45) is 1.14. The van der Waals surface area contributed by atoms with E-state index in [4.69, 9.17) is 21.0 Å². The van der Waals surface area contributed by atoms with E-state index in [0.29, 0.717) is 38.5 Å². The third-order valence-corrected chi connectivity index (χ3v) is 6.06. The van der Waals surface area contributed by atoms with Crippen LogP contribution >= 0.6 is 23.4 Å². The SMILES string of the molecule is C=CCSC1=NN2C(=c3ccccc3=N[C@@H]2c2ccc(-c3ccccc3Cl)o2)C(=O)N1. The molecule has 5 rings (SSSR count). The van der Waals surface area contributed by atoms with E-state index in [1.807, 2.05) is 60.7 Å². The number of carbonyl (C=O) groups is 1. The Kier molecular flexibility index (Phi) is 5.13. The molecule has 3 aromatic rings. The number of hydrogen-bond acceptors (Lipinski definition) is 6. The average molecular weight is 449 g/mol. The molecule has 0 unspecified atom stereocenters. The van der Waals surface area contributed by atoms with Crippen LogP contribution in [0, 0.1) is 0 Å². The number of nitrogens with zero attached hydrogens (tertiary/aromatic N) is 3. The molecule has 0 saturated heterocycles. The zero-order valence-electron chi connectivity index (χ0n) is 16.3. The van der Waals surface area contributed by atoms with E-state index in [0.717, 1.165) is 10.8 Å². The van der Waals surface area contributed by atoms with Crippen molar-refractivity contribution in [3.05, 3.63) is 94.7 Å². The number of thioether (sulfide) groups is 1. The quantitative estimate of drug-likeness (QED) is 0.618. The molecule has 1 aromatic heterocycles. The number of para-hydroxylation sites is 1. The van der Waals surface area contributed by atoms with Crippen molar-refractivity contribution in [2.75, 3.05) is 5.75 Å². The van der Waals surface area contributed by atoms with E-state index in [9.17, 15) is 4.79 Å². The zero-order valence-corrected chi connectivity index (χ0v) is 17.9. The number of furan rings is 1. The summed E-state index contributed by atoms with van der Waals surface area (Å²) in [5.41, 5.74) is 1.23. The first-order chi connectivity index (χ1) is 15.2. The maximum absolute atomic E-state index is 13.0. The van der Waals surface area contributed by atoms with Crippen LogP contribution in [-0.2, 0) is 4.79 Å². The highest BCUT2D eigenvalue weighted by molar-refractivity contribution is 8.14. The molecule has 0 aliphatic carbocycles. The summed E-state index contributed by atoms with van der Waals surface area (Å²) < 4.78 is 6.15. The topological polar surface area (TPSA) is 70.2 Å². The Labute approximate surface area is 187 Å². The third kappa shape index (κ3) is 3.56. The minimum Gasteiger partial charge on any atom is -0.457 e. The molecule has 6 nitrogen and oxygen atoms in total. The summed E-state index contributed by atoms with van der Waals surface area (Å²) in [6, 6.07) is 18.7. The second kappa shape index (κ2) is 8.09. The molecule has 31 heavy (non-hydrogen) atoms. The minimum absolute atomic E-state index is 0.230. The number of halogens is 1. The molecule has 8 heteroatoms. The van der Waals surface area contributed by atoms with Gasteiger partial charge in [0.25, 0.3) is 5.91 Å². The number of amidine groups is 1. The molecule has 2 aliphatic rings. The Bertz CT molecular complexity index is 1350. The Hall–Kier alpha value is -3.29. The van der Waals surface area contributed by atoms with E-state index < -0.39 is 6.17 Å². The standard InChI is InChI=1S/C23H17ClN4O2S/c1-2-13-31-23-26-22(29)20-15-8-4-6-10-17(15)25-21(28(20)27-23)19-12-11-18(30-19)14-7-3-5-9-16(14)24/h2-12,21H,1,13H2,(H,26,27,29)/t21-/m0/s1. The lowest BCUT2D eigenvalue weighted by Crippen LogP contribution is -2.50. The van der Waals surface area contributed by atoms with Gasteiger partial charge in [-0.3, -0.25) is 10.1 Å². The second-order valence-corrected chi connectivity index (χ2v) is 8.27. The summed E-state index contributed by atoms with van der Waals surface area (Å²) in [5, 5.41) is 11.7. The van der Waals surface area contributed by atoms with Crippen LogP contribution in [0.3, 0.4) is 0 Å². The van der Waals surface area contributed by atoms with Gasteiger partial charge in [-0.1, -0.05) is 59.8 Å². The van der Waals surface area contributed by atoms with Crippen molar-refractivity contribution in [2.45, 2.75) is 6.17 Å². The van der Waals surface area contributed by atoms with Gasteiger partial charge in [-0.05, 0) is 30.3 Å². The monoisotopic (exact) mass is 448 g/mol. The predicted molar refractivity (Wildman–Crippen MR) is 123 cm³/mol. The summed E-state index contributed by atoms with van der Waals surface area (Å²) in [5.74, 6) is 1.58. The van der Waals surface area contributed by atoms with Gasteiger partial charge in [-0.25, -0.2) is 10.0 Å². The molecule has 154 valence electrons. The fourth-order valence-electron chi connectivity index (χ4n) is 3.51. The molecule has 0 bridgehead atoms. The van der Waals surface area contributed by atoms with Gasteiger partial charge in [0.05, 0.1) is 10.4 Å². The Balaban J connectivity index is 1.64. The van der Waals surface area contributed by atoms with Crippen LogP contribution in [-0.4, -0.2) is 21.8 Å². The maximum Gasteiger partial charge on any atom is 0.276 e. The fraction of sp³-hybridized carbons (Fsp3) is 0.0870. The molecule has 0 spiro atoms. The molecule has 0 radical (unpaired) electrons. The lowest BCUT2D eigenvalue weighted by atomic mass is 10.1. The third-order valence-electron chi connectivity index (χ3n) is 4.87. The van der Waals surface area contributed by atoms with Crippen molar-refractivity contribution in [1.29, 1.82) is 0 Å². The average Bonchev–Trinajstić information content (AvgIpc) is 3.27. The minimum atomic E-state index is -0.619. The molecule has 0 saturated carbocycles. The summed E-state index contributed by atoms with van der Waals surface area (Å²) >= 11 is 7.73. The second-order valence-electron chi connectivity index (χ2n) is 6.85. The van der Waals surface area contributed by atoms with Crippen LogP contribution in [0.2, 0.25) is 5.02 Å². The zero-order chi connectivity index (χ0) is 21.4. The highest BCUT2D eigenvalue weighted by atomic mass is 35.5. The van der Waals surface area contributed by atoms with Gasteiger partial charge < -0.3 is 4.42 Å². The number of hydrazone groups is 1. The number of rotatable bonds is 4. The van der Waals surface area contributed by atoms with Crippen LogP contribution < -0.4 is 15.9 Å². The molecular formula is C23H17ClN4O2S. The first-order valence-corrected chi connectivity index (χ1v) is 11.0. The lowest BCUT2D eigenvalue weighted by Gasteiger charge is -2.32. The number of amides is 1. The fourth-order valence-corrected chi connectivity index (χ4v) is 4.33. The van der Waals surface area contributed by atoms with Gasteiger partial charge in [0, 0.05) is 16.5 Å². The van der Waals surface area contributed by atoms with Crippen molar-refractivity contribution in [3.8, 4) is 11.3 Å². The van der Waals surface area contributed by atoms with Crippen LogP contribution in [0.5, 0.6) is 0 Å². The van der Waals surface area contributed by atoms with Crippen molar-refractivity contribution < 1.29 is 9.21 Å². The molecule has 0 fully saturated rings. The van der Waals surface area contributed by atoms with Crippen molar-refractivity contribution in [1.82, 2.24) is 10.3 Å². The summed E-state index contributed by atoms with van der Waals surface area (Å²) in [7, 11) is 0. The van der Waals surface area contributed by atoms with Crippen LogP contribution in [0.25, 0.3) is 17.0 Å². The Morgan fingerprint density at radius 1 is 1.16 bits per heavy atom. The highest BCUT2D eigenvalue weighted by Crippen LogP contribution is 2.35. The smallest absolute Gasteiger partial charge is 0.276 e. The molecule has 1 N–H and O–H groups in total. The van der Waals surface area contributed by atoms with Gasteiger partial charge in [-0.2, -0.15) is 0 Å². The Morgan fingerprint density at radius 3 is 2.81 bits per heavy atom. The lowest BCUT2D eigenvalue weighted by molar-refractivity contribution is -0.116. The number of fused-ring (bicyclic) bond motifs is 2. The van der Waals surface area contributed by atoms with E-state index in [1.165, 1.54) is 11.8 Å². The molecule has 2 aliphatic heterocycles. The summed E-state index contributed by atoms with van der Waals surface area (Å²) in [4.78, 5) is 17.9. The number of hydrogen-bond donors (Lipinski definition) is 1. The van der Waals surface area contributed by atoms with Crippen molar-refractivity contribution in [2.24, 2.45) is 10.1 Å². The molecule has 2 aromatic carbocycles. The van der Waals surface area contributed by atoms with E-state index in [2.05, 4.69) is 17.0 Å². The number of nitrogens with one attached hydrogen (secondary N) is 1. The van der Waals surface area contributed by atoms with E-state index in [-0.39, 0.29) is 5.91 Å². The molecule has 1 atom stereocenters.